The van der Waals surface area contributed by atoms with Gasteiger partial charge in [0.25, 0.3) is 0 Å². The Kier molecular flexibility index (Phi) is 10.3. The molecular formula is C32H42N4O7S2. The highest BCUT2D eigenvalue weighted by Gasteiger charge is 2.44. The number of nitrogens with zero attached hydrogens (tertiary/aromatic N) is 2. The zero-order valence-corrected chi connectivity index (χ0v) is 27.3. The van der Waals surface area contributed by atoms with E-state index in [2.05, 4.69) is 5.32 Å². The Morgan fingerprint density at radius 3 is 2.38 bits per heavy atom. The first-order chi connectivity index (χ1) is 21.4. The van der Waals surface area contributed by atoms with Crippen LogP contribution in [0.25, 0.3) is 11.1 Å². The molecule has 2 fully saturated rings. The molecule has 13 heteroatoms. The highest BCUT2D eigenvalue weighted by molar-refractivity contribution is 7.89. The van der Waals surface area contributed by atoms with E-state index in [0.29, 0.717) is 51.3 Å². The average molecular weight is 659 g/mol. The van der Waals surface area contributed by atoms with Crippen LogP contribution in [0, 0.1) is 0 Å². The first-order valence-electron chi connectivity index (χ1n) is 15.0. The summed E-state index contributed by atoms with van der Waals surface area (Å²) in [5.41, 5.74) is 8.07. The maximum absolute atomic E-state index is 13.6. The van der Waals surface area contributed by atoms with Crippen molar-refractivity contribution >= 4 is 20.0 Å². The first-order valence-corrected chi connectivity index (χ1v) is 17.9. The van der Waals surface area contributed by atoms with Gasteiger partial charge in [0, 0.05) is 52.4 Å². The molecule has 0 radical (unpaired) electrons. The number of nitrogens with one attached hydrogen (secondary N) is 1. The van der Waals surface area contributed by atoms with Crippen molar-refractivity contribution in [3.05, 3.63) is 78.4 Å². The van der Waals surface area contributed by atoms with Crippen LogP contribution in [0.1, 0.15) is 24.8 Å². The second-order valence-electron chi connectivity index (χ2n) is 11.9. The fourth-order valence-electron chi connectivity index (χ4n) is 5.77. The molecule has 0 aliphatic carbocycles. The summed E-state index contributed by atoms with van der Waals surface area (Å²) in [6.45, 7) is 1.91. The second kappa shape index (κ2) is 13.9. The number of rotatable bonds is 12. The summed E-state index contributed by atoms with van der Waals surface area (Å²) >= 11 is 0. The molecule has 2 atom stereocenters. The largest absolute Gasteiger partial charge is 0.491 e. The van der Waals surface area contributed by atoms with Crippen molar-refractivity contribution in [2.45, 2.75) is 53.3 Å². The minimum atomic E-state index is -3.67. The topological polar surface area (TPSA) is 152 Å². The lowest BCUT2D eigenvalue weighted by atomic mass is 9.88. The van der Waals surface area contributed by atoms with E-state index >= 15 is 0 Å². The van der Waals surface area contributed by atoms with E-state index in [9.17, 15) is 21.9 Å². The normalized spacial score (nSPS) is 19.6. The Morgan fingerprint density at radius 1 is 1.00 bits per heavy atom. The maximum Gasteiger partial charge on any atom is 0.243 e. The summed E-state index contributed by atoms with van der Waals surface area (Å²) in [7, 11) is -4.33. The van der Waals surface area contributed by atoms with E-state index < -0.39 is 31.8 Å². The van der Waals surface area contributed by atoms with Crippen molar-refractivity contribution in [3.63, 3.8) is 0 Å². The SMILES string of the molecule is CN(C)S(=O)(=O)c1cccc(OCC(O)CNC2COC3(CCN(S(=O)(=O)c4cccc(-c5ccc(CN)cc5)c4)CC3)C2)c1. The number of benzene rings is 3. The van der Waals surface area contributed by atoms with Crippen LogP contribution in [-0.4, -0.2) is 95.2 Å². The summed E-state index contributed by atoms with van der Waals surface area (Å²) in [6.07, 6.45) is 1.06. The lowest BCUT2D eigenvalue weighted by Gasteiger charge is -2.38. The van der Waals surface area contributed by atoms with Crippen molar-refractivity contribution < 1.29 is 31.4 Å². The summed E-state index contributed by atoms with van der Waals surface area (Å²) in [4.78, 5) is 0.389. The Bertz CT molecular complexity index is 1670. The highest BCUT2D eigenvalue weighted by atomic mass is 32.2. The molecule has 0 amide bonds. The van der Waals surface area contributed by atoms with Gasteiger partial charge in [0.15, 0.2) is 0 Å². The minimum absolute atomic E-state index is 0.00971. The van der Waals surface area contributed by atoms with Gasteiger partial charge in [-0.3, -0.25) is 0 Å². The molecular weight excluding hydrogens is 617 g/mol. The van der Waals surface area contributed by atoms with Gasteiger partial charge in [-0.2, -0.15) is 4.31 Å². The van der Waals surface area contributed by atoms with E-state index in [-0.39, 0.29) is 29.0 Å². The molecule has 2 heterocycles. The van der Waals surface area contributed by atoms with Crippen LogP contribution in [0.3, 0.4) is 0 Å². The van der Waals surface area contributed by atoms with E-state index in [1.807, 2.05) is 30.3 Å². The zero-order chi connectivity index (χ0) is 32.2. The predicted molar refractivity (Wildman–Crippen MR) is 172 cm³/mol. The molecule has 4 N–H and O–H groups in total. The quantitative estimate of drug-likeness (QED) is 0.267. The minimum Gasteiger partial charge on any atom is -0.491 e. The molecule has 244 valence electrons. The van der Waals surface area contributed by atoms with Crippen molar-refractivity contribution in [1.29, 1.82) is 0 Å². The van der Waals surface area contributed by atoms with Gasteiger partial charge in [-0.25, -0.2) is 21.1 Å². The third-order valence-corrected chi connectivity index (χ3v) is 12.2. The average Bonchev–Trinajstić information content (AvgIpc) is 3.45. The standard InChI is InChI=1S/C32H42N4O7S2/c1-35(2)44(38,39)31-8-4-6-29(18-31)42-23-28(37)21-34-27-19-32(43-22-27)13-15-36(16-14-32)45(40,41)30-7-3-5-26(17-30)25-11-9-24(20-33)10-12-25/h3-12,17-18,27-28,34,37H,13-16,19-23,33H2,1-2H3. The Labute approximate surface area is 266 Å². The van der Waals surface area contributed by atoms with Crippen LogP contribution < -0.4 is 15.8 Å². The Balaban J connectivity index is 1.10. The Morgan fingerprint density at radius 2 is 1.69 bits per heavy atom. The van der Waals surface area contributed by atoms with Gasteiger partial charge >= 0.3 is 0 Å². The summed E-state index contributed by atoms with van der Waals surface area (Å²) in [6, 6.07) is 21.0. The summed E-state index contributed by atoms with van der Waals surface area (Å²) in [5, 5.41) is 13.8. The summed E-state index contributed by atoms with van der Waals surface area (Å²) in [5.74, 6) is 0.356. The third kappa shape index (κ3) is 7.75. The van der Waals surface area contributed by atoms with Gasteiger partial charge in [-0.05, 0) is 60.2 Å². The zero-order valence-electron chi connectivity index (χ0n) is 25.6. The predicted octanol–water partition coefficient (Wildman–Crippen LogP) is 2.40. The molecule has 0 saturated carbocycles. The van der Waals surface area contributed by atoms with Crippen molar-refractivity contribution in [2.24, 2.45) is 5.73 Å². The second-order valence-corrected chi connectivity index (χ2v) is 16.0. The van der Waals surface area contributed by atoms with Crippen LogP contribution >= 0.6 is 0 Å². The molecule has 3 aromatic carbocycles. The lowest BCUT2D eigenvalue weighted by Crippen LogP contribution is -2.47. The lowest BCUT2D eigenvalue weighted by molar-refractivity contribution is -0.0312. The molecule has 2 aliphatic heterocycles. The number of aliphatic hydroxyl groups excluding tert-OH is 1. The van der Waals surface area contributed by atoms with Crippen LogP contribution in [0.2, 0.25) is 0 Å². The number of sulfonamides is 2. The fourth-order valence-corrected chi connectivity index (χ4v) is 8.19. The molecule has 1 spiro atoms. The molecule has 5 rings (SSSR count). The fraction of sp³-hybridized carbons (Fsp3) is 0.438. The van der Waals surface area contributed by atoms with E-state index in [4.69, 9.17) is 15.2 Å². The van der Waals surface area contributed by atoms with Gasteiger partial charge in [0.05, 0.1) is 22.0 Å². The molecule has 2 saturated heterocycles. The van der Waals surface area contributed by atoms with Crippen molar-refractivity contribution in [2.75, 3.05) is 46.9 Å². The molecule has 0 aromatic heterocycles. The smallest absolute Gasteiger partial charge is 0.243 e. The highest BCUT2D eigenvalue weighted by Crippen LogP contribution is 2.37. The molecule has 0 bridgehead atoms. The van der Waals surface area contributed by atoms with Crippen LogP contribution in [0.5, 0.6) is 5.75 Å². The molecule has 2 aliphatic rings. The van der Waals surface area contributed by atoms with Gasteiger partial charge < -0.3 is 25.6 Å². The summed E-state index contributed by atoms with van der Waals surface area (Å²) < 4.78 is 66.4. The van der Waals surface area contributed by atoms with Crippen LogP contribution in [0.4, 0.5) is 0 Å². The van der Waals surface area contributed by atoms with Gasteiger partial charge in [0.1, 0.15) is 18.5 Å². The van der Waals surface area contributed by atoms with Gasteiger partial charge in [-0.15, -0.1) is 0 Å². The molecule has 3 aromatic rings. The molecule has 11 nitrogen and oxygen atoms in total. The van der Waals surface area contributed by atoms with E-state index in [1.54, 1.807) is 34.6 Å². The monoisotopic (exact) mass is 658 g/mol. The molecule has 45 heavy (non-hydrogen) atoms. The maximum atomic E-state index is 13.6. The van der Waals surface area contributed by atoms with Gasteiger partial charge in [-0.1, -0.05) is 42.5 Å². The third-order valence-electron chi connectivity index (χ3n) is 8.51. The van der Waals surface area contributed by atoms with Gasteiger partial charge in [0.2, 0.25) is 20.0 Å². The van der Waals surface area contributed by atoms with Crippen LogP contribution in [0.15, 0.2) is 82.6 Å². The van der Waals surface area contributed by atoms with Crippen molar-refractivity contribution in [1.82, 2.24) is 13.9 Å². The first kappa shape index (κ1) is 33.5. The number of hydrogen-bond donors (Lipinski definition) is 3. The number of hydrogen-bond acceptors (Lipinski definition) is 9. The number of aliphatic hydroxyl groups is 1. The number of nitrogens with two attached hydrogens (primary N) is 1. The number of ether oxygens (including phenoxy) is 2. The van der Waals surface area contributed by atoms with E-state index in [0.717, 1.165) is 21.0 Å². The van der Waals surface area contributed by atoms with Crippen molar-refractivity contribution in [3.8, 4) is 16.9 Å². The van der Waals surface area contributed by atoms with Crippen LogP contribution in [-0.2, 0) is 31.3 Å². The Hall–Kier alpha value is -2.88. The number of piperidine rings is 1. The molecule has 2 unspecified atom stereocenters. The van der Waals surface area contributed by atoms with E-state index in [1.165, 1.54) is 26.2 Å².